The molecule has 0 aliphatic carbocycles. The van der Waals surface area contributed by atoms with Crippen LogP contribution in [0.2, 0.25) is 0 Å². The second kappa shape index (κ2) is 4.10. The third-order valence-electron chi connectivity index (χ3n) is 0.846. The molecule has 5 heteroatoms. The molecule has 0 fully saturated rings. The molecule has 2 heterocycles. The molecule has 0 saturated heterocycles. The van der Waals surface area contributed by atoms with Crippen molar-refractivity contribution in [3.63, 3.8) is 0 Å². The van der Waals surface area contributed by atoms with Crippen molar-refractivity contribution in [2.24, 2.45) is 10.2 Å². The average Bonchev–Trinajstić information content (AvgIpc) is 2.57. The topological polar surface area (TPSA) is 70.5 Å². The van der Waals surface area contributed by atoms with Crippen molar-refractivity contribution in [2.45, 2.75) is 0 Å². The van der Waals surface area contributed by atoms with E-state index in [1.165, 1.54) is 12.3 Å². The summed E-state index contributed by atoms with van der Waals surface area (Å²) in [5.41, 5.74) is 0. The van der Waals surface area contributed by atoms with E-state index < -0.39 is 0 Å². The normalized spacial score (nSPS) is 12.9. The molecule has 5 nitrogen and oxygen atoms in total. The molecule has 56 valence electrons. The van der Waals surface area contributed by atoms with Gasteiger partial charge in [0.25, 0.3) is 5.91 Å². The summed E-state index contributed by atoms with van der Waals surface area (Å²) >= 11 is 0. The minimum absolute atomic E-state index is 0.269. The Hall–Kier alpha value is -1.78. The van der Waals surface area contributed by atoms with Crippen LogP contribution in [0.25, 0.3) is 0 Å². The molecule has 0 saturated carbocycles. The lowest BCUT2D eigenvalue weighted by Gasteiger charge is -1.59. The average molecular weight is 150 g/mol. The first-order valence-corrected chi connectivity index (χ1v) is 2.94. The fourth-order valence-corrected chi connectivity index (χ4v) is 0.436. The standard InChI is InChI=1S/C3H2N2O.C3H4N2/c6-3-1-2-4-5-3;1-2-5-3-4-1/h1-2H;1-3H,(H,4,5). The number of imidazole rings is 1. The number of amides is 1. The molecule has 1 N–H and O–H groups in total. The van der Waals surface area contributed by atoms with Crippen LogP contribution in [0.1, 0.15) is 0 Å². The van der Waals surface area contributed by atoms with Crippen LogP contribution in [-0.2, 0) is 4.79 Å². The molecule has 1 amide bonds. The number of aromatic amines is 1. The molecule has 1 aliphatic heterocycles. The van der Waals surface area contributed by atoms with Crippen LogP contribution in [0, 0.1) is 0 Å². The molecular formula is C6H6N4O. The van der Waals surface area contributed by atoms with Crippen LogP contribution in [-0.4, -0.2) is 15.9 Å². The van der Waals surface area contributed by atoms with Crippen LogP contribution in [0.5, 0.6) is 0 Å². The zero-order valence-electron chi connectivity index (χ0n) is 5.64. The van der Waals surface area contributed by atoms with Crippen molar-refractivity contribution in [1.82, 2.24) is 9.97 Å². The highest BCUT2D eigenvalue weighted by Gasteiger charge is 1.92. The SMILES string of the molecule is O=C1C=CN=N1.c1c[nH]cn1. The van der Waals surface area contributed by atoms with Gasteiger partial charge in [0.1, 0.15) is 0 Å². The number of carbonyl (C=O) groups excluding carboxylic acids is 1. The number of aromatic nitrogens is 2. The smallest absolute Gasteiger partial charge is 0.289 e. The zero-order chi connectivity index (χ0) is 7.94. The lowest BCUT2D eigenvalue weighted by Crippen LogP contribution is -1.74. The van der Waals surface area contributed by atoms with E-state index in [9.17, 15) is 4.79 Å². The molecule has 0 spiro atoms. The third kappa shape index (κ3) is 3.04. The molecular weight excluding hydrogens is 144 g/mol. The van der Waals surface area contributed by atoms with E-state index in [1.54, 1.807) is 18.7 Å². The summed E-state index contributed by atoms with van der Waals surface area (Å²) in [7, 11) is 0. The van der Waals surface area contributed by atoms with E-state index in [0.717, 1.165) is 0 Å². The lowest BCUT2D eigenvalue weighted by molar-refractivity contribution is -0.113. The van der Waals surface area contributed by atoms with Crippen LogP contribution >= 0.6 is 0 Å². The first-order chi connectivity index (χ1) is 5.39. The Morgan fingerprint density at radius 2 is 2.36 bits per heavy atom. The summed E-state index contributed by atoms with van der Waals surface area (Å²) in [6.45, 7) is 0. The Labute approximate surface area is 62.9 Å². The van der Waals surface area contributed by atoms with Crippen LogP contribution in [0.4, 0.5) is 0 Å². The highest BCUT2D eigenvalue weighted by molar-refractivity contribution is 5.89. The van der Waals surface area contributed by atoms with E-state index >= 15 is 0 Å². The predicted octanol–water partition coefficient (Wildman–Crippen LogP) is 0.902. The molecule has 1 aliphatic rings. The summed E-state index contributed by atoms with van der Waals surface area (Å²) < 4.78 is 0. The minimum Gasteiger partial charge on any atom is -0.351 e. The Morgan fingerprint density at radius 3 is 2.55 bits per heavy atom. The quantitative estimate of drug-likeness (QED) is 0.596. The Bertz CT molecular complexity index is 231. The van der Waals surface area contributed by atoms with Crippen molar-refractivity contribution in [2.75, 3.05) is 0 Å². The maximum absolute atomic E-state index is 9.90. The molecule has 2 rings (SSSR count). The largest absolute Gasteiger partial charge is 0.351 e. The van der Waals surface area contributed by atoms with Gasteiger partial charge >= 0.3 is 0 Å². The van der Waals surface area contributed by atoms with Crippen molar-refractivity contribution in [3.8, 4) is 0 Å². The maximum atomic E-state index is 9.90. The minimum atomic E-state index is -0.269. The number of hydrogen-bond donors (Lipinski definition) is 1. The van der Waals surface area contributed by atoms with E-state index in [-0.39, 0.29) is 5.91 Å². The van der Waals surface area contributed by atoms with Crippen molar-refractivity contribution < 1.29 is 4.79 Å². The summed E-state index contributed by atoms with van der Waals surface area (Å²) in [5, 5.41) is 6.37. The first-order valence-electron chi connectivity index (χ1n) is 2.94. The number of hydrogen-bond acceptors (Lipinski definition) is 3. The van der Waals surface area contributed by atoms with Gasteiger partial charge in [0, 0.05) is 18.5 Å². The van der Waals surface area contributed by atoms with Crippen LogP contribution in [0.3, 0.4) is 0 Å². The highest BCUT2D eigenvalue weighted by atomic mass is 16.1. The van der Waals surface area contributed by atoms with E-state index in [2.05, 4.69) is 20.2 Å². The van der Waals surface area contributed by atoms with E-state index in [0.29, 0.717) is 0 Å². The fourth-order valence-electron chi connectivity index (χ4n) is 0.436. The second-order valence-corrected chi connectivity index (χ2v) is 1.63. The fraction of sp³-hybridized carbons (Fsp3) is 0. The van der Waals surface area contributed by atoms with Gasteiger partial charge in [-0.1, -0.05) is 0 Å². The number of rotatable bonds is 0. The van der Waals surface area contributed by atoms with Gasteiger partial charge in [-0.2, -0.15) is 5.11 Å². The van der Waals surface area contributed by atoms with Crippen LogP contribution < -0.4 is 0 Å². The monoisotopic (exact) mass is 150 g/mol. The zero-order valence-corrected chi connectivity index (χ0v) is 5.64. The van der Waals surface area contributed by atoms with Crippen molar-refractivity contribution in [3.05, 3.63) is 31.0 Å². The third-order valence-corrected chi connectivity index (χ3v) is 0.846. The second-order valence-electron chi connectivity index (χ2n) is 1.63. The van der Waals surface area contributed by atoms with Gasteiger partial charge in [0.15, 0.2) is 0 Å². The number of carbonyl (C=O) groups is 1. The molecule has 11 heavy (non-hydrogen) atoms. The highest BCUT2D eigenvalue weighted by Crippen LogP contribution is 1.90. The summed E-state index contributed by atoms with van der Waals surface area (Å²) in [4.78, 5) is 16.3. The van der Waals surface area contributed by atoms with E-state index in [1.807, 2.05) is 0 Å². The number of nitrogens with zero attached hydrogens (tertiary/aromatic N) is 3. The molecule has 0 bridgehead atoms. The van der Waals surface area contributed by atoms with Crippen LogP contribution in [0.15, 0.2) is 41.2 Å². The summed E-state index contributed by atoms with van der Waals surface area (Å²) in [6.07, 6.45) is 7.75. The van der Waals surface area contributed by atoms with Gasteiger partial charge in [-0.15, -0.1) is 5.11 Å². The molecule has 0 atom stereocenters. The van der Waals surface area contributed by atoms with Gasteiger partial charge in [-0.3, -0.25) is 4.79 Å². The molecule has 1 aromatic rings. The Morgan fingerprint density at radius 1 is 1.45 bits per heavy atom. The number of nitrogens with one attached hydrogen (secondary N) is 1. The first kappa shape index (κ1) is 7.33. The lowest BCUT2D eigenvalue weighted by atomic mass is 10.6. The Balaban J connectivity index is 0.000000112. The summed E-state index contributed by atoms with van der Waals surface area (Å²) in [6, 6.07) is 0. The van der Waals surface area contributed by atoms with Crippen molar-refractivity contribution >= 4 is 5.91 Å². The van der Waals surface area contributed by atoms with E-state index in [4.69, 9.17) is 0 Å². The van der Waals surface area contributed by atoms with Crippen molar-refractivity contribution in [1.29, 1.82) is 0 Å². The number of H-pyrrole nitrogens is 1. The maximum Gasteiger partial charge on any atom is 0.289 e. The van der Waals surface area contributed by atoms with Gasteiger partial charge in [0.05, 0.1) is 12.5 Å². The molecule has 1 aromatic heterocycles. The van der Waals surface area contributed by atoms with Gasteiger partial charge in [-0.25, -0.2) is 4.98 Å². The number of azo groups is 1. The van der Waals surface area contributed by atoms with Gasteiger partial charge < -0.3 is 4.98 Å². The van der Waals surface area contributed by atoms with Gasteiger partial charge in [-0.05, 0) is 0 Å². The van der Waals surface area contributed by atoms with Gasteiger partial charge in [0.2, 0.25) is 0 Å². The summed E-state index contributed by atoms with van der Waals surface area (Å²) in [5.74, 6) is -0.269. The molecule has 0 radical (unpaired) electrons. The molecule has 0 aromatic carbocycles. The Kier molecular flexibility index (Phi) is 2.73. The predicted molar refractivity (Wildman–Crippen MR) is 37.6 cm³/mol. The molecule has 0 unspecified atom stereocenters.